The van der Waals surface area contributed by atoms with Crippen LogP contribution in [0.25, 0.3) is 0 Å². The van der Waals surface area contributed by atoms with Gasteiger partial charge < -0.3 is 5.32 Å². The molecule has 4 heteroatoms. The van der Waals surface area contributed by atoms with Gasteiger partial charge in [-0.25, -0.2) is 8.78 Å². The zero-order valence-electron chi connectivity index (χ0n) is 11.4. The Morgan fingerprint density at radius 3 is 2.55 bits per heavy atom. The average Bonchev–Trinajstić information content (AvgIpc) is 2.40. The maximum Gasteiger partial charge on any atom is 0.126 e. The number of hydrogen-bond acceptors (Lipinski definition) is 1. The van der Waals surface area contributed by atoms with Crippen molar-refractivity contribution in [3.63, 3.8) is 0 Å². The normalized spacial score (nSPS) is 12.4. The van der Waals surface area contributed by atoms with Crippen molar-refractivity contribution in [1.82, 2.24) is 5.32 Å². The Kier molecular flexibility index (Phi) is 4.89. The van der Waals surface area contributed by atoms with Crippen molar-refractivity contribution in [3.8, 4) is 0 Å². The van der Waals surface area contributed by atoms with E-state index in [2.05, 4.69) is 21.2 Å². The van der Waals surface area contributed by atoms with Crippen LogP contribution >= 0.6 is 15.9 Å². The molecule has 106 valence electrons. The molecule has 0 radical (unpaired) electrons. The van der Waals surface area contributed by atoms with Crippen molar-refractivity contribution in [1.29, 1.82) is 0 Å². The molecule has 1 unspecified atom stereocenters. The van der Waals surface area contributed by atoms with Crippen LogP contribution < -0.4 is 5.32 Å². The fourth-order valence-electron chi connectivity index (χ4n) is 1.92. The van der Waals surface area contributed by atoms with E-state index in [4.69, 9.17) is 0 Å². The van der Waals surface area contributed by atoms with E-state index in [0.29, 0.717) is 12.1 Å². The molecule has 1 atom stereocenters. The molecule has 0 saturated heterocycles. The molecular formula is C16H16BrF2N. The minimum atomic E-state index is -0.269. The standard InChI is InChI=1S/C16H16BrF2N/c1-10-3-4-12(7-16(10)19)11(2)20-9-13-5-6-14(18)8-15(13)17/h3-8,11,20H,9H2,1-2H3. The summed E-state index contributed by atoms with van der Waals surface area (Å²) in [7, 11) is 0. The largest absolute Gasteiger partial charge is 0.306 e. The first-order valence-electron chi connectivity index (χ1n) is 6.40. The molecule has 20 heavy (non-hydrogen) atoms. The summed E-state index contributed by atoms with van der Waals surface area (Å²) >= 11 is 3.33. The third kappa shape index (κ3) is 3.64. The van der Waals surface area contributed by atoms with Gasteiger partial charge in [0.15, 0.2) is 0 Å². The highest BCUT2D eigenvalue weighted by atomic mass is 79.9. The minimum Gasteiger partial charge on any atom is -0.306 e. The fourth-order valence-corrected chi connectivity index (χ4v) is 2.42. The molecule has 0 saturated carbocycles. The monoisotopic (exact) mass is 339 g/mol. The third-order valence-electron chi connectivity index (χ3n) is 3.31. The van der Waals surface area contributed by atoms with Gasteiger partial charge >= 0.3 is 0 Å². The Morgan fingerprint density at radius 2 is 1.90 bits per heavy atom. The van der Waals surface area contributed by atoms with Gasteiger partial charge in [0.1, 0.15) is 11.6 Å². The maximum atomic E-state index is 13.5. The summed E-state index contributed by atoms with van der Waals surface area (Å²) in [5.41, 5.74) is 2.50. The summed E-state index contributed by atoms with van der Waals surface area (Å²) in [6.45, 7) is 4.30. The molecule has 0 aliphatic heterocycles. The van der Waals surface area contributed by atoms with E-state index >= 15 is 0 Å². The summed E-state index contributed by atoms with van der Waals surface area (Å²) in [6.07, 6.45) is 0. The predicted octanol–water partition coefficient (Wildman–Crippen LogP) is 4.89. The lowest BCUT2D eigenvalue weighted by molar-refractivity contribution is 0.561. The highest BCUT2D eigenvalue weighted by Gasteiger charge is 2.08. The molecular weight excluding hydrogens is 324 g/mol. The zero-order chi connectivity index (χ0) is 14.7. The van der Waals surface area contributed by atoms with E-state index < -0.39 is 0 Å². The Labute approximate surface area is 126 Å². The lowest BCUT2D eigenvalue weighted by atomic mass is 10.1. The Bertz CT molecular complexity index is 613. The second-order valence-corrected chi connectivity index (χ2v) is 5.70. The van der Waals surface area contributed by atoms with Gasteiger partial charge in [-0.05, 0) is 48.7 Å². The van der Waals surface area contributed by atoms with E-state index in [1.165, 1.54) is 12.1 Å². The Hall–Kier alpha value is -1.26. The number of hydrogen-bond donors (Lipinski definition) is 1. The van der Waals surface area contributed by atoms with Crippen LogP contribution in [0.5, 0.6) is 0 Å². The van der Waals surface area contributed by atoms with Crippen LogP contribution in [-0.4, -0.2) is 0 Å². The summed E-state index contributed by atoms with van der Waals surface area (Å²) in [5.74, 6) is -0.464. The summed E-state index contributed by atoms with van der Waals surface area (Å²) in [5, 5.41) is 3.30. The molecule has 0 bridgehead atoms. The third-order valence-corrected chi connectivity index (χ3v) is 4.05. The van der Waals surface area contributed by atoms with Gasteiger partial charge in [-0.1, -0.05) is 34.1 Å². The van der Waals surface area contributed by atoms with Gasteiger partial charge in [-0.2, -0.15) is 0 Å². The van der Waals surface area contributed by atoms with Crippen LogP contribution in [0, 0.1) is 18.6 Å². The molecule has 2 aromatic carbocycles. The Balaban J connectivity index is 2.04. The van der Waals surface area contributed by atoms with Gasteiger partial charge in [-0.3, -0.25) is 0 Å². The molecule has 2 rings (SSSR count). The first-order valence-corrected chi connectivity index (χ1v) is 7.20. The highest BCUT2D eigenvalue weighted by Crippen LogP contribution is 2.20. The Morgan fingerprint density at radius 1 is 1.15 bits per heavy atom. The van der Waals surface area contributed by atoms with E-state index in [0.717, 1.165) is 15.6 Å². The first-order chi connectivity index (χ1) is 9.47. The molecule has 0 heterocycles. The molecule has 0 spiro atoms. The first kappa shape index (κ1) is 15.1. The smallest absolute Gasteiger partial charge is 0.126 e. The number of nitrogens with one attached hydrogen (secondary N) is 1. The van der Waals surface area contributed by atoms with Crippen LogP contribution in [0.1, 0.15) is 29.7 Å². The minimum absolute atomic E-state index is 0.0158. The van der Waals surface area contributed by atoms with Crippen molar-refractivity contribution in [2.24, 2.45) is 0 Å². The zero-order valence-corrected chi connectivity index (χ0v) is 13.0. The van der Waals surface area contributed by atoms with Gasteiger partial charge in [-0.15, -0.1) is 0 Å². The SMILES string of the molecule is Cc1ccc(C(C)NCc2ccc(F)cc2Br)cc1F. The number of halogens is 3. The summed E-state index contributed by atoms with van der Waals surface area (Å²) in [6, 6.07) is 9.85. The molecule has 0 aliphatic carbocycles. The van der Waals surface area contributed by atoms with Gasteiger partial charge in [0, 0.05) is 17.1 Å². The van der Waals surface area contributed by atoms with Crippen molar-refractivity contribution in [2.45, 2.75) is 26.4 Å². The van der Waals surface area contributed by atoms with Crippen molar-refractivity contribution in [3.05, 3.63) is 69.2 Å². The van der Waals surface area contributed by atoms with E-state index in [-0.39, 0.29) is 17.7 Å². The average molecular weight is 340 g/mol. The van der Waals surface area contributed by atoms with E-state index in [1.54, 1.807) is 25.1 Å². The molecule has 1 nitrogen and oxygen atoms in total. The molecule has 0 amide bonds. The van der Waals surface area contributed by atoms with Crippen molar-refractivity contribution < 1.29 is 8.78 Å². The maximum absolute atomic E-state index is 13.5. The molecule has 0 fully saturated rings. The molecule has 0 aliphatic rings. The summed E-state index contributed by atoms with van der Waals surface area (Å²) in [4.78, 5) is 0. The second-order valence-electron chi connectivity index (χ2n) is 4.85. The fraction of sp³-hybridized carbons (Fsp3) is 0.250. The van der Waals surface area contributed by atoms with Crippen LogP contribution in [0.15, 0.2) is 40.9 Å². The number of aryl methyl sites for hydroxylation is 1. The van der Waals surface area contributed by atoms with E-state index in [9.17, 15) is 8.78 Å². The second kappa shape index (κ2) is 6.46. The predicted molar refractivity (Wildman–Crippen MR) is 80.5 cm³/mol. The molecule has 2 aromatic rings. The van der Waals surface area contributed by atoms with Gasteiger partial charge in [0.25, 0.3) is 0 Å². The lowest BCUT2D eigenvalue weighted by Crippen LogP contribution is -2.18. The van der Waals surface area contributed by atoms with Crippen LogP contribution in [0.3, 0.4) is 0 Å². The number of benzene rings is 2. The van der Waals surface area contributed by atoms with Crippen LogP contribution in [0.2, 0.25) is 0 Å². The highest BCUT2D eigenvalue weighted by molar-refractivity contribution is 9.10. The van der Waals surface area contributed by atoms with Crippen molar-refractivity contribution >= 4 is 15.9 Å². The summed E-state index contributed by atoms with van der Waals surface area (Å²) < 4.78 is 27.3. The van der Waals surface area contributed by atoms with Crippen molar-refractivity contribution in [2.75, 3.05) is 0 Å². The number of rotatable bonds is 4. The van der Waals surface area contributed by atoms with Crippen LogP contribution in [-0.2, 0) is 6.54 Å². The molecule has 0 aromatic heterocycles. The lowest BCUT2D eigenvalue weighted by Gasteiger charge is -2.15. The van der Waals surface area contributed by atoms with Gasteiger partial charge in [0.05, 0.1) is 0 Å². The van der Waals surface area contributed by atoms with E-state index in [1.807, 2.05) is 13.0 Å². The molecule has 1 N–H and O–H groups in total. The topological polar surface area (TPSA) is 12.0 Å². The van der Waals surface area contributed by atoms with Gasteiger partial charge in [0.2, 0.25) is 0 Å². The quantitative estimate of drug-likeness (QED) is 0.836. The van der Waals surface area contributed by atoms with Crippen LogP contribution in [0.4, 0.5) is 8.78 Å².